The summed E-state index contributed by atoms with van der Waals surface area (Å²) >= 11 is 11.6. The Hall–Kier alpha value is -2.44. The van der Waals surface area contributed by atoms with Crippen LogP contribution in [0.4, 0.5) is 0 Å². The Morgan fingerprint density at radius 3 is 2.67 bits per heavy atom. The van der Waals surface area contributed by atoms with Gasteiger partial charge in [0.05, 0.1) is 19.9 Å². The molecule has 122 valence electrons. The Morgan fingerprint density at radius 2 is 1.96 bits per heavy atom. The molecule has 0 saturated heterocycles. The molecule has 0 spiro atoms. The monoisotopic (exact) mass is 358 g/mol. The van der Waals surface area contributed by atoms with E-state index in [1.165, 1.54) is 0 Å². The lowest BCUT2D eigenvalue weighted by molar-refractivity contribution is 0.415. The lowest BCUT2D eigenvalue weighted by Gasteiger charge is -2.03. The van der Waals surface area contributed by atoms with Gasteiger partial charge in [0.25, 0.3) is 0 Å². The zero-order valence-corrected chi connectivity index (χ0v) is 14.5. The second-order valence-electron chi connectivity index (χ2n) is 5.02. The highest BCUT2D eigenvalue weighted by Crippen LogP contribution is 2.16. The van der Waals surface area contributed by atoms with Crippen LogP contribution in [0.5, 0.6) is 5.75 Å². The number of rotatable bonds is 5. The molecule has 0 radical (unpaired) electrons. The van der Waals surface area contributed by atoms with Crippen molar-refractivity contribution in [1.82, 2.24) is 14.5 Å². The van der Waals surface area contributed by atoms with Crippen LogP contribution in [0.2, 0.25) is 5.02 Å². The topological polar surface area (TPSA) is 44.3 Å². The normalized spacial score (nSPS) is 11.1. The first-order valence-corrected chi connectivity index (χ1v) is 8.02. The van der Waals surface area contributed by atoms with Crippen molar-refractivity contribution in [3.05, 3.63) is 75.8 Å². The first-order valence-electron chi connectivity index (χ1n) is 7.23. The van der Waals surface area contributed by atoms with Gasteiger partial charge in [-0.15, -0.1) is 0 Å². The van der Waals surface area contributed by atoms with E-state index in [-0.39, 0.29) is 0 Å². The molecule has 0 saturated carbocycles. The van der Waals surface area contributed by atoms with Crippen LogP contribution < -0.4 is 4.74 Å². The van der Waals surface area contributed by atoms with Gasteiger partial charge < -0.3 is 4.74 Å². The molecule has 0 bridgehead atoms. The first-order chi connectivity index (χ1) is 11.7. The number of ether oxygens (including phenoxy) is 1. The summed E-state index contributed by atoms with van der Waals surface area (Å²) in [7, 11) is 1.63. The van der Waals surface area contributed by atoms with Gasteiger partial charge in [-0.2, -0.15) is 14.9 Å². The fourth-order valence-electron chi connectivity index (χ4n) is 2.12. The molecule has 0 aliphatic heterocycles. The maximum atomic E-state index is 6.18. The molecule has 0 aliphatic rings. The summed E-state index contributed by atoms with van der Waals surface area (Å²) in [6, 6.07) is 15.2. The van der Waals surface area contributed by atoms with Crippen LogP contribution in [0.1, 0.15) is 11.1 Å². The summed E-state index contributed by atoms with van der Waals surface area (Å²) < 4.78 is 8.86. The van der Waals surface area contributed by atoms with E-state index < -0.39 is 0 Å². The smallest absolute Gasteiger partial charge is 0.219 e. The van der Waals surface area contributed by atoms with E-state index in [1.54, 1.807) is 29.0 Å². The number of hydrogen-bond acceptors (Lipinski definition) is 4. The van der Waals surface area contributed by atoms with Crippen molar-refractivity contribution >= 4 is 30.0 Å². The third-order valence-electron chi connectivity index (χ3n) is 3.44. The molecule has 0 N–H and O–H groups in total. The zero-order valence-electron chi connectivity index (χ0n) is 13.0. The third-order valence-corrected chi connectivity index (χ3v) is 4.21. The minimum atomic E-state index is 0.500. The van der Waals surface area contributed by atoms with E-state index in [0.29, 0.717) is 16.3 Å². The summed E-state index contributed by atoms with van der Waals surface area (Å²) in [6.07, 6.45) is 3.30. The molecule has 7 heteroatoms. The first kappa shape index (κ1) is 16.4. The average molecular weight is 359 g/mol. The maximum absolute atomic E-state index is 6.18. The van der Waals surface area contributed by atoms with Crippen molar-refractivity contribution in [2.75, 3.05) is 7.11 Å². The molecule has 2 aromatic carbocycles. The standard InChI is InChI=1S/C17H15ClN4OS/c1-23-15-8-6-13(7-9-15)10-19-22-12-20-21(17(22)24)11-14-4-2-3-5-16(14)18/h2-10,12H,11H2,1H3/b19-10-. The van der Waals surface area contributed by atoms with Gasteiger partial charge >= 0.3 is 0 Å². The van der Waals surface area contributed by atoms with Crippen molar-refractivity contribution in [3.8, 4) is 5.75 Å². The van der Waals surface area contributed by atoms with Gasteiger partial charge in [-0.1, -0.05) is 29.8 Å². The van der Waals surface area contributed by atoms with Crippen molar-refractivity contribution < 1.29 is 4.74 Å². The van der Waals surface area contributed by atoms with Gasteiger partial charge in [-0.05, 0) is 53.7 Å². The molecule has 5 nitrogen and oxygen atoms in total. The number of hydrogen-bond donors (Lipinski definition) is 0. The number of benzene rings is 2. The van der Waals surface area contributed by atoms with Gasteiger partial charge in [0.15, 0.2) is 0 Å². The van der Waals surface area contributed by atoms with E-state index in [2.05, 4.69) is 10.2 Å². The number of methoxy groups -OCH3 is 1. The third kappa shape index (κ3) is 3.72. The largest absolute Gasteiger partial charge is 0.497 e. The van der Waals surface area contributed by atoms with Gasteiger partial charge in [0, 0.05) is 5.02 Å². The minimum Gasteiger partial charge on any atom is -0.497 e. The molecule has 3 rings (SSSR count). The van der Waals surface area contributed by atoms with E-state index in [9.17, 15) is 0 Å². The Morgan fingerprint density at radius 1 is 1.21 bits per heavy atom. The molecule has 24 heavy (non-hydrogen) atoms. The van der Waals surface area contributed by atoms with Crippen LogP contribution in [0.15, 0.2) is 60.0 Å². The zero-order chi connectivity index (χ0) is 16.9. The summed E-state index contributed by atoms with van der Waals surface area (Å²) in [5.74, 6) is 0.802. The highest BCUT2D eigenvalue weighted by Gasteiger charge is 2.04. The quantitative estimate of drug-likeness (QED) is 0.511. The highest BCUT2D eigenvalue weighted by molar-refractivity contribution is 7.71. The fourth-order valence-corrected chi connectivity index (χ4v) is 2.52. The molecule has 0 atom stereocenters. The van der Waals surface area contributed by atoms with Gasteiger partial charge in [-0.25, -0.2) is 4.68 Å². The predicted octanol–water partition coefficient (Wildman–Crippen LogP) is 4.01. The van der Waals surface area contributed by atoms with Gasteiger partial charge in [-0.3, -0.25) is 0 Å². The van der Waals surface area contributed by atoms with E-state index in [1.807, 2.05) is 48.5 Å². The van der Waals surface area contributed by atoms with Gasteiger partial charge in [0.1, 0.15) is 12.1 Å². The average Bonchev–Trinajstić information content (AvgIpc) is 2.95. The predicted molar refractivity (Wildman–Crippen MR) is 97.6 cm³/mol. The SMILES string of the molecule is COc1ccc(/C=N\n2cnn(Cc3ccccc3Cl)c2=S)cc1. The Balaban J connectivity index is 1.78. The Bertz CT molecular complexity index is 915. The summed E-state index contributed by atoms with van der Waals surface area (Å²) in [5.41, 5.74) is 1.90. The van der Waals surface area contributed by atoms with Crippen LogP contribution in [-0.4, -0.2) is 27.8 Å². The van der Waals surface area contributed by atoms with Crippen molar-refractivity contribution in [1.29, 1.82) is 0 Å². The minimum absolute atomic E-state index is 0.500. The summed E-state index contributed by atoms with van der Waals surface area (Å²) in [6.45, 7) is 0.504. The number of nitrogens with zero attached hydrogens (tertiary/aromatic N) is 4. The van der Waals surface area contributed by atoms with Crippen molar-refractivity contribution in [2.45, 2.75) is 6.54 Å². The molecular weight excluding hydrogens is 344 g/mol. The Kier molecular flexibility index (Phi) is 5.08. The highest BCUT2D eigenvalue weighted by atomic mass is 35.5. The number of halogens is 1. The second kappa shape index (κ2) is 7.42. The molecule has 1 heterocycles. The van der Waals surface area contributed by atoms with Crippen LogP contribution in [0, 0.1) is 4.77 Å². The molecule has 1 aromatic heterocycles. The molecule has 0 fully saturated rings. The summed E-state index contributed by atoms with van der Waals surface area (Å²) in [4.78, 5) is 0. The van der Waals surface area contributed by atoms with E-state index in [4.69, 9.17) is 28.6 Å². The van der Waals surface area contributed by atoms with E-state index in [0.717, 1.165) is 16.9 Å². The van der Waals surface area contributed by atoms with Crippen LogP contribution in [-0.2, 0) is 6.54 Å². The van der Waals surface area contributed by atoms with Crippen LogP contribution in [0.3, 0.4) is 0 Å². The molecule has 0 amide bonds. The van der Waals surface area contributed by atoms with Crippen molar-refractivity contribution in [2.24, 2.45) is 5.10 Å². The molecule has 3 aromatic rings. The fraction of sp³-hybridized carbons (Fsp3) is 0.118. The lowest BCUT2D eigenvalue weighted by atomic mass is 10.2. The van der Waals surface area contributed by atoms with Gasteiger partial charge in [0.2, 0.25) is 4.77 Å². The second-order valence-corrected chi connectivity index (χ2v) is 5.80. The van der Waals surface area contributed by atoms with Crippen LogP contribution in [0.25, 0.3) is 0 Å². The number of aromatic nitrogens is 3. The maximum Gasteiger partial charge on any atom is 0.219 e. The molecule has 0 unspecified atom stereocenters. The molecular formula is C17H15ClN4OS. The molecule has 0 aliphatic carbocycles. The Labute approximate surface area is 149 Å². The lowest BCUT2D eigenvalue weighted by Crippen LogP contribution is -2.03. The van der Waals surface area contributed by atoms with E-state index >= 15 is 0 Å². The summed E-state index contributed by atoms with van der Waals surface area (Å²) in [5, 5.41) is 9.31. The van der Waals surface area contributed by atoms with Crippen molar-refractivity contribution in [3.63, 3.8) is 0 Å². The van der Waals surface area contributed by atoms with Crippen LogP contribution >= 0.6 is 23.8 Å².